The summed E-state index contributed by atoms with van der Waals surface area (Å²) in [6, 6.07) is 6.25. The number of nitrogens with one attached hydrogen (secondary N) is 1. The first kappa shape index (κ1) is 15.5. The van der Waals surface area contributed by atoms with E-state index >= 15 is 0 Å². The lowest BCUT2D eigenvalue weighted by Gasteiger charge is -2.10. The van der Waals surface area contributed by atoms with Crippen LogP contribution in [0.25, 0.3) is 10.9 Å². The van der Waals surface area contributed by atoms with Crippen molar-refractivity contribution in [2.24, 2.45) is 0 Å². The Balaban J connectivity index is 1.81. The van der Waals surface area contributed by atoms with Gasteiger partial charge in [0.05, 0.1) is 18.3 Å². The van der Waals surface area contributed by atoms with Gasteiger partial charge in [0.15, 0.2) is 0 Å². The highest BCUT2D eigenvalue weighted by Gasteiger charge is 2.06. The van der Waals surface area contributed by atoms with E-state index in [4.69, 9.17) is 0 Å². The van der Waals surface area contributed by atoms with Crippen LogP contribution in [-0.2, 0) is 11.3 Å². The summed E-state index contributed by atoms with van der Waals surface area (Å²) in [7, 11) is 4.07. The Morgan fingerprint density at radius 1 is 1.38 bits per heavy atom. The van der Waals surface area contributed by atoms with E-state index in [1.807, 2.05) is 25.0 Å². The largest absolute Gasteiger partial charge is 0.356 e. The molecule has 0 saturated heterocycles. The lowest BCUT2D eigenvalue weighted by molar-refractivity contribution is -0.121. The number of carbonyl (C=O) groups excluding carboxylic acids is 1. The van der Waals surface area contributed by atoms with E-state index in [1.54, 1.807) is 0 Å². The van der Waals surface area contributed by atoms with Crippen molar-refractivity contribution in [1.82, 2.24) is 20.0 Å². The van der Waals surface area contributed by atoms with Crippen molar-refractivity contribution in [3.8, 4) is 0 Å². The molecule has 0 atom stereocenters. The first-order valence-electron chi connectivity index (χ1n) is 7.40. The predicted octanol–water partition coefficient (Wildman–Crippen LogP) is 1.80. The SMILES string of the molecule is Cc1ccc2cnn(CCC(=O)NCCCN(C)C)c2c1. The van der Waals surface area contributed by atoms with Crippen LogP contribution in [0.3, 0.4) is 0 Å². The number of benzene rings is 1. The quantitative estimate of drug-likeness (QED) is 0.790. The second-order valence-corrected chi connectivity index (χ2v) is 5.69. The molecule has 114 valence electrons. The third-order valence-electron chi connectivity index (χ3n) is 3.46. The normalized spacial score (nSPS) is 11.2. The molecule has 0 saturated carbocycles. The molecule has 1 aromatic heterocycles. The van der Waals surface area contributed by atoms with Gasteiger partial charge in [-0.15, -0.1) is 0 Å². The second kappa shape index (κ2) is 7.22. The predicted molar refractivity (Wildman–Crippen MR) is 85.3 cm³/mol. The number of aromatic nitrogens is 2. The minimum atomic E-state index is 0.0880. The average molecular weight is 288 g/mol. The number of nitrogens with zero attached hydrogens (tertiary/aromatic N) is 3. The molecule has 5 nitrogen and oxygen atoms in total. The molecule has 0 bridgehead atoms. The molecular formula is C16H24N4O. The van der Waals surface area contributed by atoms with E-state index < -0.39 is 0 Å². The highest BCUT2D eigenvalue weighted by molar-refractivity contribution is 5.80. The summed E-state index contributed by atoms with van der Waals surface area (Å²) >= 11 is 0. The van der Waals surface area contributed by atoms with E-state index in [-0.39, 0.29) is 5.91 Å². The van der Waals surface area contributed by atoms with Crippen molar-refractivity contribution in [3.63, 3.8) is 0 Å². The third-order valence-corrected chi connectivity index (χ3v) is 3.46. The van der Waals surface area contributed by atoms with Crippen LogP contribution in [0.5, 0.6) is 0 Å². The van der Waals surface area contributed by atoms with Crippen molar-refractivity contribution in [2.75, 3.05) is 27.2 Å². The van der Waals surface area contributed by atoms with Gasteiger partial charge in [-0.25, -0.2) is 0 Å². The molecule has 2 rings (SSSR count). The van der Waals surface area contributed by atoms with Crippen LogP contribution >= 0.6 is 0 Å². The van der Waals surface area contributed by atoms with Gasteiger partial charge in [-0.05, 0) is 45.6 Å². The average Bonchev–Trinajstić information content (AvgIpc) is 2.83. The number of fused-ring (bicyclic) bond motifs is 1. The van der Waals surface area contributed by atoms with E-state index in [9.17, 15) is 4.79 Å². The molecule has 0 aliphatic carbocycles. The van der Waals surface area contributed by atoms with Crippen LogP contribution in [0.4, 0.5) is 0 Å². The van der Waals surface area contributed by atoms with Gasteiger partial charge in [0, 0.05) is 18.4 Å². The number of aryl methyl sites for hydroxylation is 2. The van der Waals surface area contributed by atoms with Crippen molar-refractivity contribution >= 4 is 16.8 Å². The van der Waals surface area contributed by atoms with Crippen molar-refractivity contribution in [1.29, 1.82) is 0 Å². The summed E-state index contributed by atoms with van der Waals surface area (Å²) in [5, 5.41) is 8.43. The molecular weight excluding hydrogens is 264 g/mol. The Bertz CT molecular complexity index is 603. The summed E-state index contributed by atoms with van der Waals surface area (Å²) in [6.07, 6.45) is 3.29. The first-order chi connectivity index (χ1) is 10.1. The topological polar surface area (TPSA) is 50.2 Å². The maximum atomic E-state index is 11.8. The molecule has 0 radical (unpaired) electrons. The zero-order chi connectivity index (χ0) is 15.2. The standard InChI is InChI=1S/C16H24N4O/c1-13-5-6-14-12-18-20(15(14)11-13)10-7-16(21)17-8-4-9-19(2)3/h5-6,11-12H,4,7-10H2,1-3H3,(H,17,21). The molecule has 1 N–H and O–H groups in total. The van der Waals surface area contributed by atoms with Gasteiger partial charge in [-0.3, -0.25) is 9.48 Å². The molecule has 0 spiro atoms. The fourth-order valence-corrected chi connectivity index (χ4v) is 2.28. The van der Waals surface area contributed by atoms with Crippen molar-refractivity contribution in [2.45, 2.75) is 26.3 Å². The van der Waals surface area contributed by atoms with E-state index in [1.165, 1.54) is 5.56 Å². The zero-order valence-electron chi connectivity index (χ0n) is 13.1. The summed E-state index contributed by atoms with van der Waals surface area (Å²) in [4.78, 5) is 13.9. The van der Waals surface area contributed by atoms with Crippen LogP contribution in [0.15, 0.2) is 24.4 Å². The summed E-state index contributed by atoms with van der Waals surface area (Å²) in [6.45, 7) is 4.40. The van der Waals surface area contributed by atoms with Crippen molar-refractivity contribution < 1.29 is 4.79 Å². The van der Waals surface area contributed by atoms with Crippen LogP contribution in [0.1, 0.15) is 18.4 Å². The molecule has 0 fully saturated rings. The van der Waals surface area contributed by atoms with Gasteiger partial charge in [0.25, 0.3) is 0 Å². The monoisotopic (exact) mass is 288 g/mol. The summed E-state index contributed by atoms with van der Waals surface area (Å²) in [5.74, 6) is 0.0880. The number of hydrogen-bond donors (Lipinski definition) is 1. The zero-order valence-corrected chi connectivity index (χ0v) is 13.1. The van der Waals surface area contributed by atoms with E-state index in [0.717, 1.165) is 30.4 Å². The van der Waals surface area contributed by atoms with Gasteiger partial charge in [0.1, 0.15) is 0 Å². The molecule has 0 unspecified atom stereocenters. The van der Waals surface area contributed by atoms with Gasteiger partial charge < -0.3 is 10.2 Å². The number of carbonyl (C=O) groups is 1. The Labute approximate surface area is 125 Å². The van der Waals surface area contributed by atoms with Gasteiger partial charge in [0.2, 0.25) is 5.91 Å². The van der Waals surface area contributed by atoms with Crippen LogP contribution in [0, 0.1) is 6.92 Å². The molecule has 21 heavy (non-hydrogen) atoms. The lowest BCUT2D eigenvalue weighted by Crippen LogP contribution is -2.27. The van der Waals surface area contributed by atoms with E-state index in [2.05, 4.69) is 40.4 Å². The number of rotatable bonds is 7. The van der Waals surface area contributed by atoms with Crippen LogP contribution in [0.2, 0.25) is 0 Å². The lowest BCUT2D eigenvalue weighted by atomic mass is 10.2. The van der Waals surface area contributed by atoms with Gasteiger partial charge in [-0.2, -0.15) is 5.10 Å². The van der Waals surface area contributed by atoms with Crippen molar-refractivity contribution in [3.05, 3.63) is 30.0 Å². The van der Waals surface area contributed by atoms with E-state index in [0.29, 0.717) is 13.0 Å². The molecule has 0 aliphatic rings. The fourth-order valence-electron chi connectivity index (χ4n) is 2.28. The first-order valence-corrected chi connectivity index (χ1v) is 7.40. The maximum absolute atomic E-state index is 11.8. The Morgan fingerprint density at radius 2 is 2.19 bits per heavy atom. The van der Waals surface area contributed by atoms with Gasteiger partial charge >= 0.3 is 0 Å². The minimum Gasteiger partial charge on any atom is -0.356 e. The maximum Gasteiger partial charge on any atom is 0.221 e. The summed E-state index contributed by atoms with van der Waals surface area (Å²) < 4.78 is 1.90. The molecule has 1 aromatic carbocycles. The number of amides is 1. The Hall–Kier alpha value is -1.88. The molecule has 2 aromatic rings. The highest BCUT2D eigenvalue weighted by atomic mass is 16.1. The fraction of sp³-hybridized carbons (Fsp3) is 0.500. The molecule has 1 amide bonds. The van der Waals surface area contributed by atoms with Crippen LogP contribution < -0.4 is 5.32 Å². The van der Waals surface area contributed by atoms with Crippen LogP contribution in [-0.4, -0.2) is 47.8 Å². The van der Waals surface area contributed by atoms with Gasteiger partial charge in [-0.1, -0.05) is 12.1 Å². The Morgan fingerprint density at radius 3 is 2.95 bits per heavy atom. The molecule has 5 heteroatoms. The molecule has 1 heterocycles. The molecule has 0 aliphatic heterocycles. The Kier molecular flexibility index (Phi) is 5.33. The smallest absolute Gasteiger partial charge is 0.221 e. The minimum absolute atomic E-state index is 0.0880. The third kappa shape index (κ3) is 4.56. The summed E-state index contributed by atoms with van der Waals surface area (Å²) in [5.41, 5.74) is 2.30. The highest BCUT2D eigenvalue weighted by Crippen LogP contribution is 2.15. The second-order valence-electron chi connectivity index (χ2n) is 5.69. The number of hydrogen-bond acceptors (Lipinski definition) is 3.